The van der Waals surface area contributed by atoms with Crippen LogP contribution in [0.4, 0.5) is 17.1 Å². The van der Waals surface area contributed by atoms with Crippen molar-refractivity contribution in [1.29, 1.82) is 0 Å². The minimum Gasteiger partial charge on any atom is -0.311 e. The smallest absolute Gasteiger partial charge is 0.220 e. The Labute approximate surface area is 351 Å². The van der Waals surface area contributed by atoms with Crippen molar-refractivity contribution in [3.63, 3.8) is 0 Å². The van der Waals surface area contributed by atoms with Crippen molar-refractivity contribution in [1.82, 2.24) is 14.0 Å². The molecule has 9 aromatic carbocycles. The van der Waals surface area contributed by atoms with E-state index in [1.165, 1.54) is 42.4 Å². The van der Waals surface area contributed by atoms with Crippen LogP contribution in [0, 0.1) is 0 Å². The van der Waals surface area contributed by atoms with Gasteiger partial charge in [-0.1, -0.05) is 140 Å². The quantitative estimate of drug-likeness (QED) is 0.161. The summed E-state index contributed by atoms with van der Waals surface area (Å²) in [7, 11) is 0. The topological polar surface area (TPSA) is 25.5 Å². The normalized spacial score (nSPS) is 11.7. The number of aromatic nitrogens is 3. The molecule has 60 heavy (non-hydrogen) atoms. The predicted octanol–water partition coefficient (Wildman–Crippen LogP) is 15.3. The Bertz CT molecular complexity index is 3510. The molecule has 3 aromatic heterocycles. The molecule has 282 valence electrons. The Balaban J connectivity index is 0.948. The minimum atomic E-state index is 0.908. The Morgan fingerprint density at radius 3 is 1.70 bits per heavy atom. The van der Waals surface area contributed by atoms with E-state index in [1.54, 1.807) is 0 Å². The first-order chi connectivity index (χ1) is 29.7. The van der Waals surface area contributed by atoms with E-state index in [0.29, 0.717) is 0 Å². The summed E-state index contributed by atoms with van der Waals surface area (Å²) >= 11 is 1.87. The summed E-state index contributed by atoms with van der Waals surface area (Å²) in [4.78, 5) is 7.46. The SMILES string of the molecule is c1ccc(-c2ccc(N(c3ccc(-c4ccc5c(c4)n4c6ccccc6nc4n5-c4ccccc4)cc3)c3ccc(-c4cccc5c4sc4ccccc45)cc3)cc2)cc1. The third-order valence-corrected chi connectivity index (χ3v) is 13.0. The summed E-state index contributed by atoms with van der Waals surface area (Å²) in [5.74, 6) is 0.908. The van der Waals surface area contributed by atoms with Gasteiger partial charge in [0.05, 0.1) is 22.1 Å². The molecule has 0 bridgehead atoms. The van der Waals surface area contributed by atoms with E-state index < -0.39 is 0 Å². The number of thiophene rings is 1. The van der Waals surface area contributed by atoms with E-state index in [4.69, 9.17) is 4.98 Å². The summed E-state index contributed by atoms with van der Waals surface area (Å²) < 4.78 is 7.20. The van der Waals surface area contributed by atoms with Crippen molar-refractivity contribution in [3.8, 4) is 39.1 Å². The van der Waals surface area contributed by atoms with Gasteiger partial charge in [-0.25, -0.2) is 4.98 Å². The molecule has 0 aliphatic heterocycles. The van der Waals surface area contributed by atoms with Crippen molar-refractivity contribution in [3.05, 3.63) is 218 Å². The Kier molecular flexibility index (Phi) is 8.00. The summed E-state index contributed by atoms with van der Waals surface area (Å²) in [5, 5.41) is 2.63. The van der Waals surface area contributed by atoms with E-state index in [-0.39, 0.29) is 0 Å². The van der Waals surface area contributed by atoms with Crippen LogP contribution in [-0.4, -0.2) is 14.0 Å². The number of imidazole rings is 2. The van der Waals surface area contributed by atoms with Crippen molar-refractivity contribution in [2.45, 2.75) is 0 Å². The molecule has 12 rings (SSSR count). The molecule has 0 radical (unpaired) electrons. The lowest BCUT2D eigenvalue weighted by Gasteiger charge is -2.26. The zero-order chi connectivity index (χ0) is 39.6. The van der Waals surface area contributed by atoms with Gasteiger partial charge in [0.2, 0.25) is 5.78 Å². The second-order valence-electron chi connectivity index (χ2n) is 15.2. The van der Waals surface area contributed by atoms with E-state index in [9.17, 15) is 0 Å². The number of benzene rings is 9. The van der Waals surface area contributed by atoms with Crippen LogP contribution in [0.3, 0.4) is 0 Å². The van der Waals surface area contributed by atoms with Gasteiger partial charge in [-0.15, -0.1) is 11.3 Å². The highest BCUT2D eigenvalue weighted by molar-refractivity contribution is 7.26. The fraction of sp³-hybridized carbons (Fsp3) is 0. The number of hydrogen-bond donors (Lipinski definition) is 0. The number of rotatable bonds is 7. The molecule has 0 amide bonds. The summed E-state index contributed by atoms with van der Waals surface area (Å²) in [6, 6.07) is 78.6. The van der Waals surface area contributed by atoms with Gasteiger partial charge in [-0.2, -0.15) is 0 Å². The zero-order valence-corrected chi connectivity index (χ0v) is 33.3. The average Bonchev–Trinajstić information content (AvgIpc) is 3.99. The fourth-order valence-electron chi connectivity index (χ4n) is 8.86. The Morgan fingerprint density at radius 2 is 0.967 bits per heavy atom. The highest BCUT2D eigenvalue weighted by Crippen LogP contribution is 2.42. The van der Waals surface area contributed by atoms with E-state index in [1.807, 2.05) is 11.3 Å². The van der Waals surface area contributed by atoms with Crippen molar-refractivity contribution in [2.75, 3.05) is 4.90 Å². The van der Waals surface area contributed by atoms with Gasteiger partial charge in [0.15, 0.2) is 0 Å². The van der Waals surface area contributed by atoms with Crippen LogP contribution < -0.4 is 4.90 Å². The maximum absolute atomic E-state index is 5.11. The second-order valence-corrected chi connectivity index (χ2v) is 16.3. The average molecular weight is 785 g/mol. The van der Waals surface area contributed by atoms with Gasteiger partial charge >= 0.3 is 0 Å². The highest BCUT2D eigenvalue weighted by atomic mass is 32.1. The molecule has 0 atom stereocenters. The molecule has 12 aromatic rings. The van der Waals surface area contributed by atoms with Crippen LogP contribution in [0.15, 0.2) is 218 Å². The number of fused-ring (bicyclic) bond motifs is 8. The third kappa shape index (κ3) is 5.63. The molecule has 4 nitrogen and oxygen atoms in total. The van der Waals surface area contributed by atoms with E-state index in [2.05, 4.69) is 232 Å². The number of hydrogen-bond acceptors (Lipinski definition) is 3. The maximum Gasteiger partial charge on any atom is 0.220 e. The van der Waals surface area contributed by atoms with Crippen LogP contribution in [0.1, 0.15) is 0 Å². The third-order valence-electron chi connectivity index (χ3n) is 11.7. The van der Waals surface area contributed by atoms with E-state index in [0.717, 1.165) is 61.7 Å². The van der Waals surface area contributed by atoms with Crippen molar-refractivity contribution in [2.24, 2.45) is 0 Å². The second kappa shape index (κ2) is 14.0. The van der Waals surface area contributed by atoms with Crippen molar-refractivity contribution < 1.29 is 0 Å². The molecule has 0 saturated heterocycles. The van der Waals surface area contributed by atoms with Gasteiger partial charge in [-0.3, -0.25) is 8.97 Å². The fourth-order valence-corrected chi connectivity index (χ4v) is 10.1. The molecular weight excluding hydrogens is 749 g/mol. The summed E-state index contributed by atoms with van der Waals surface area (Å²) in [5.41, 5.74) is 15.9. The molecular formula is C55H36N4S. The number of nitrogens with zero attached hydrogens (tertiary/aromatic N) is 4. The molecule has 0 N–H and O–H groups in total. The lowest BCUT2D eigenvalue weighted by molar-refractivity contribution is 1.11. The first-order valence-corrected chi connectivity index (χ1v) is 21.1. The molecule has 0 aliphatic carbocycles. The molecule has 0 fully saturated rings. The van der Waals surface area contributed by atoms with Crippen LogP contribution in [0.25, 0.3) is 87.1 Å². The van der Waals surface area contributed by atoms with Gasteiger partial charge in [0.1, 0.15) is 0 Å². The number of para-hydroxylation sites is 3. The van der Waals surface area contributed by atoms with Gasteiger partial charge in [-0.05, 0) is 112 Å². The van der Waals surface area contributed by atoms with Crippen LogP contribution >= 0.6 is 11.3 Å². The standard InChI is InChI=1S/C55H36N4S/c1-3-12-37(13-4-1)38-22-29-43(30-23-38)57(45-33-26-40(27-34-45)46-17-11-18-48-47-16-7-10-21-53(47)60-54(46)48)44-31-24-39(25-32-44)41-28-35-51-52(36-41)59-50-20-9-8-19-49(50)56-55(59)58(51)42-14-5-2-6-15-42/h1-36H. The van der Waals surface area contributed by atoms with Crippen LogP contribution in [0.5, 0.6) is 0 Å². The monoisotopic (exact) mass is 784 g/mol. The van der Waals surface area contributed by atoms with Gasteiger partial charge in [0, 0.05) is 42.9 Å². The lowest BCUT2D eigenvalue weighted by Crippen LogP contribution is -2.09. The van der Waals surface area contributed by atoms with Gasteiger partial charge in [0.25, 0.3) is 0 Å². The Morgan fingerprint density at radius 1 is 0.400 bits per heavy atom. The number of anilines is 3. The van der Waals surface area contributed by atoms with E-state index >= 15 is 0 Å². The van der Waals surface area contributed by atoms with Gasteiger partial charge < -0.3 is 4.90 Å². The molecule has 3 heterocycles. The summed E-state index contributed by atoms with van der Waals surface area (Å²) in [6.45, 7) is 0. The molecule has 0 aliphatic rings. The first-order valence-electron chi connectivity index (χ1n) is 20.3. The minimum absolute atomic E-state index is 0.908. The molecule has 0 unspecified atom stereocenters. The first kappa shape index (κ1) is 34.3. The van der Waals surface area contributed by atoms with Crippen LogP contribution in [-0.2, 0) is 0 Å². The summed E-state index contributed by atoms with van der Waals surface area (Å²) in [6.07, 6.45) is 0. The molecule has 0 saturated carbocycles. The molecule has 5 heteroatoms. The molecule has 0 spiro atoms. The maximum atomic E-state index is 5.11. The van der Waals surface area contributed by atoms with Crippen molar-refractivity contribution >= 4 is 76.4 Å². The lowest BCUT2D eigenvalue weighted by atomic mass is 10.0. The highest BCUT2D eigenvalue weighted by Gasteiger charge is 2.19. The van der Waals surface area contributed by atoms with Crippen LogP contribution in [0.2, 0.25) is 0 Å². The largest absolute Gasteiger partial charge is 0.311 e. The predicted molar refractivity (Wildman–Crippen MR) is 253 cm³/mol. The Hall–Kier alpha value is -7.73. The zero-order valence-electron chi connectivity index (χ0n) is 32.5.